The molecule has 2 heteroatoms. The third kappa shape index (κ3) is 4.55. The molecule has 0 aromatic heterocycles. The Bertz CT molecular complexity index is 225. The highest BCUT2D eigenvalue weighted by Gasteiger charge is 2.32. The minimum Gasteiger partial charge on any atom is -0.311 e. The van der Waals surface area contributed by atoms with E-state index in [9.17, 15) is 0 Å². The minimum atomic E-state index is 0.694. The highest BCUT2D eigenvalue weighted by atomic mass is 15.3. The van der Waals surface area contributed by atoms with Crippen molar-refractivity contribution in [2.45, 2.75) is 78.9 Å². The second kappa shape index (κ2) is 7.49. The first-order valence-electron chi connectivity index (χ1n) is 7.94. The molecule has 2 nitrogen and oxygen atoms in total. The smallest absolute Gasteiger partial charge is 0.0247 e. The number of rotatable bonds is 6. The highest BCUT2D eigenvalue weighted by molar-refractivity contribution is 4.90. The topological polar surface area (TPSA) is 15.3 Å². The molecule has 1 saturated heterocycles. The molecular weight excluding hydrogens is 220 g/mol. The number of hydrogen-bond donors (Lipinski definition) is 1. The molecule has 0 aromatic carbocycles. The van der Waals surface area contributed by atoms with E-state index >= 15 is 0 Å². The standard InChI is InChI=1S/C16H34N2/c1-7-8-14(6)18-11-15(9-12(2)3)17-10-16(18)13(4)5/h12-17H,7-11H2,1-6H3. The molecule has 1 fully saturated rings. The van der Waals surface area contributed by atoms with E-state index in [1.807, 2.05) is 0 Å². The van der Waals surface area contributed by atoms with E-state index in [2.05, 4.69) is 51.8 Å². The van der Waals surface area contributed by atoms with Crippen LogP contribution in [-0.2, 0) is 0 Å². The summed E-state index contributed by atoms with van der Waals surface area (Å²) < 4.78 is 0. The quantitative estimate of drug-likeness (QED) is 0.780. The van der Waals surface area contributed by atoms with E-state index in [0.29, 0.717) is 6.04 Å². The van der Waals surface area contributed by atoms with Crippen molar-refractivity contribution in [1.29, 1.82) is 0 Å². The molecule has 0 spiro atoms. The van der Waals surface area contributed by atoms with Gasteiger partial charge in [-0.1, -0.05) is 41.0 Å². The third-order valence-electron chi connectivity index (χ3n) is 4.27. The van der Waals surface area contributed by atoms with Crippen molar-refractivity contribution >= 4 is 0 Å². The Morgan fingerprint density at radius 2 is 1.83 bits per heavy atom. The summed E-state index contributed by atoms with van der Waals surface area (Å²) in [5.41, 5.74) is 0. The molecule has 0 aromatic rings. The van der Waals surface area contributed by atoms with Gasteiger partial charge in [-0.2, -0.15) is 0 Å². The Labute approximate surface area is 115 Å². The fourth-order valence-electron chi connectivity index (χ4n) is 3.30. The highest BCUT2D eigenvalue weighted by Crippen LogP contribution is 2.22. The van der Waals surface area contributed by atoms with Crippen molar-refractivity contribution in [2.24, 2.45) is 11.8 Å². The van der Waals surface area contributed by atoms with Crippen LogP contribution in [0.3, 0.4) is 0 Å². The maximum Gasteiger partial charge on any atom is 0.0247 e. The second-order valence-electron chi connectivity index (χ2n) is 6.88. The van der Waals surface area contributed by atoms with Gasteiger partial charge in [0.25, 0.3) is 0 Å². The van der Waals surface area contributed by atoms with Gasteiger partial charge in [0.2, 0.25) is 0 Å². The van der Waals surface area contributed by atoms with Crippen molar-refractivity contribution in [2.75, 3.05) is 13.1 Å². The van der Waals surface area contributed by atoms with Crippen molar-refractivity contribution in [3.8, 4) is 0 Å². The van der Waals surface area contributed by atoms with Crippen LogP contribution in [0, 0.1) is 11.8 Å². The Balaban J connectivity index is 2.63. The van der Waals surface area contributed by atoms with Gasteiger partial charge >= 0.3 is 0 Å². The van der Waals surface area contributed by atoms with Gasteiger partial charge in [-0.3, -0.25) is 4.90 Å². The summed E-state index contributed by atoms with van der Waals surface area (Å²) in [5, 5.41) is 3.77. The van der Waals surface area contributed by atoms with E-state index in [1.165, 1.54) is 32.4 Å². The molecule has 3 unspecified atom stereocenters. The average Bonchev–Trinajstić information content (AvgIpc) is 2.28. The number of hydrogen-bond acceptors (Lipinski definition) is 2. The van der Waals surface area contributed by atoms with Gasteiger partial charge in [0.05, 0.1) is 0 Å². The zero-order valence-corrected chi connectivity index (χ0v) is 13.4. The molecule has 0 bridgehead atoms. The maximum absolute atomic E-state index is 3.77. The lowest BCUT2D eigenvalue weighted by atomic mass is 9.93. The van der Waals surface area contributed by atoms with Gasteiger partial charge in [0, 0.05) is 31.2 Å². The van der Waals surface area contributed by atoms with Gasteiger partial charge in [-0.15, -0.1) is 0 Å². The zero-order valence-electron chi connectivity index (χ0n) is 13.4. The van der Waals surface area contributed by atoms with Crippen LogP contribution < -0.4 is 5.32 Å². The average molecular weight is 254 g/mol. The Kier molecular flexibility index (Phi) is 6.65. The van der Waals surface area contributed by atoms with E-state index in [4.69, 9.17) is 0 Å². The minimum absolute atomic E-state index is 0.694. The zero-order chi connectivity index (χ0) is 13.7. The van der Waals surface area contributed by atoms with Gasteiger partial charge in [0.1, 0.15) is 0 Å². The van der Waals surface area contributed by atoms with Gasteiger partial charge in [-0.05, 0) is 31.6 Å². The molecule has 3 atom stereocenters. The SMILES string of the molecule is CCCC(C)N1CC(CC(C)C)NCC1C(C)C. The molecule has 18 heavy (non-hydrogen) atoms. The Hall–Kier alpha value is -0.0800. The Morgan fingerprint density at radius 1 is 1.17 bits per heavy atom. The summed E-state index contributed by atoms with van der Waals surface area (Å²) >= 11 is 0. The molecule has 0 amide bonds. The largest absolute Gasteiger partial charge is 0.311 e. The van der Waals surface area contributed by atoms with Gasteiger partial charge in [0.15, 0.2) is 0 Å². The summed E-state index contributed by atoms with van der Waals surface area (Å²) in [5.74, 6) is 1.54. The van der Waals surface area contributed by atoms with Crippen LogP contribution in [0.1, 0.15) is 60.8 Å². The molecule has 1 rings (SSSR count). The predicted octanol–water partition coefficient (Wildman–Crippen LogP) is 3.52. The number of nitrogens with zero attached hydrogens (tertiary/aromatic N) is 1. The van der Waals surface area contributed by atoms with E-state index < -0.39 is 0 Å². The molecule has 1 N–H and O–H groups in total. The van der Waals surface area contributed by atoms with Crippen LogP contribution in [0.2, 0.25) is 0 Å². The summed E-state index contributed by atoms with van der Waals surface area (Å²) in [4.78, 5) is 2.78. The van der Waals surface area contributed by atoms with Crippen LogP contribution in [0.15, 0.2) is 0 Å². The fraction of sp³-hybridized carbons (Fsp3) is 1.00. The summed E-state index contributed by atoms with van der Waals surface area (Å²) in [7, 11) is 0. The lowest BCUT2D eigenvalue weighted by Gasteiger charge is -2.46. The van der Waals surface area contributed by atoms with Crippen LogP contribution in [0.5, 0.6) is 0 Å². The fourth-order valence-corrected chi connectivity index (χ4v) is 3.30. The van der Waals surface area contributed by atoms with Crippen LogP contribution >= 0.6 is 0 Å². The monoisotopic (exact) mass is 254 g/mol. The number of nitrogens with one attached hydrogen (secondary N) is 1. The summed E-state index contributed by atoms with van der Waals surface area (Å²) in [6, 6.07) is 2.15. The van der Waals surface area contributed by atoms with Crippen molar-refractivity contribution in [1.82, 2.24) is 10.2 Å². The van der Waals surface area contributed by atoms with Gasteiger partial charge < -0.3 is 5.32 Å². The van der Waals surface area contributed by atoms with E-state index in [-0.39, 0.29) is 0 Å². The van der Waals surface area contributed by atoms with Crippen LogP contribution in [-0.4, -0.2) is 36.1 Å². The molecule has 0 aliphatic carbocycles. The summed E-state index contributed by atoms with van der Waals surface area (Å²) in [6.07, 6.45) is 3.93. The lowest BCUT2D eigenvalue weighted by molar-refractivity contribution is 0.0540. The van der Waals surface area contributed by atoms with Crippen molar-refractivity contribution < 1.29 is 0 Å². The summed E-state index contributed by atoms with van der Waals surface area (Å²) in [6.45, 7) is 16.5. The Morgan fingerprint density at radius 3 is 2.33 bits per heavy atom. The molecule has 108 valence electrons. The predicted molar refractivity (Wildman–Crippen MR) is 80.9 cm³/mol. The van der Waals surface area contributed by atoms with E-state index in [0.717, 1.165) is 23.9 Å². The normalized spacial score (nSPS) is 28.0. The van der Waals surface area contributed by atoms with Crippen LogP contribution in [0.4, 0.5) is 0 Å². The molecule has 0 radical (unpaired) electrons. The van der Waals surface area contributed by atoms with Crippen LogP contribution in [0.25, 0.3) is 0 Å². The molecule has 1 heterocycles. The first kappa shape index (κ1) is 16.0. The van der Waals surface area contributed by atoms with E-state index in [1.54, 1.807) is 0 Å². The second-order valence-corrected chi connectivity index (χ2v) is 6.88. The van der Waals surface area contributed by atoms with Crippen molar-refractivity contribution in [3.63, 3.8) is 0 Å². The molecule has 1 aliphatic rings. The first-order valence-corrected chi connectivity index (χ1v) is 7.94. The first-order chi connectivity index (χ1) is 8.45. The van der Waals surface area contributed by atoms with Gasteiger partial charge in [-0.25, -0.2) is 0 Å². The number of piperazine rings is 1. The van der Waals surface area contributed by atoms with Crippen molar-refractivity contribution in [3.05, 3.63) is 0 Å². The maximum atomic E-state index is 3.77. The third-order valence-corrected chi connectivity index (χ3v) is 4.27. The lowest BCUT2D eigenvalue weighted by Crippen LogP contribution is -2.60. The molecular formula is C16H34N2. The molecule has 0 saturated carbocycles. The molecule has 1 aliphatic heterocycles.